The number of ether oxygens (including phenoxy) is 1. The second kappa shape index (κ2) is 5.96. The van der Waals surface area contributed by atoms with E-state index in [-0.39, 0.29) is 0 Å². The van der Waals surface area contributed by atoms with Gasteiger partial charge in [0.25, 0.3) is 0 Å². The van der Waals surface area contributed by atoms with E-state index in [1.54, 1.807) is 0 Å². The SMILES string of the molecule is CNC(c1cccc(OC2CC2)c1)C1CCCCC1. The minimum Gasteiger partial charge on any atom is -0.490 e. The maximum Gasteiger partial charge on any atom is 0.120 e. The summed E-state index contributed by atoms with van der Waals surface area (Å²) in [7, 11) is 2.09. The Balaban J connectivity index is 1.73. The minimum atomic E-state index is 0.484. The van der Waals surface area contributed by atoms with Crippen molar-refractivity contribution in [2.75, 3.05) is 7.05 Å². The van der Waals surface area contributed by atoms with Crippen molar-refractivity contribution in [1.29, 1.82) is 0 Å². The Morgan fingerprint density at radius 1 is 1.11 bits per heavy atom. The Kier molecular flexibility index (Phi) is 4.07. The summed E-state index contributed by atoms with van der Waals surface area (Å²) in [6, 6.07) is 9.21. The van der Waals surface area contributed by atoms with Crippen LogP contribution >= 0.6 is 0 Å². The average Bonchev–Trinajstić information content (AvgIpc) is 3.25. The molecule has 2 saturated carbocycles. The van der Waals surface area contributed by atoms with Crippen LogP contribution in [0.25, 0.3) is 0 Å². The van der Waals surface area contributed by atoms with E-state index < -0.39 is 0 Å². The van der Waals surface area contributed by atoms with Crippen LogP contribution in [-0.2, 0) is 0 Å². The molecule has 0 radical (unpaired) electrons. The molecule has 1 N–H and O–H groups in total. The first-order valence-electron chi connectivity index (χ1n) is 7.80. The minimum absolute atomic E-state index is 0.484. The van der Waals surface area contributed by atoms with Crippen molar-refractivity contribution in [2.45, 2.75) is 57.1 Å². The Bertz CT molecular complexity index is 407. The highest BCUT2D eigenvalue weighted by molar-refractivity contribution is 5.31. The Morgan fingerprint density at radius 3 is 2.58 bits per heavy atom. The van der Waals surface area contributed by atoms with Gasteiger partial charge in [0.1, 0.15) is 5.75 Å². The van der Waals surface area contributed by atoms with E-state index >= 15 is 0 Å². The molecule has 2 fully saturated rings. The van der Waals surface area contributed by atoms with Crippen LogP contribution in [0.15, 0.2) is 24.3 Å². The lowest BCUT2D eigenvalue weighted by molar-refractivity contribution is 0.278. The summed E-state index contributed by atoms with van der Waals surface area (Å²) >= 11 is 0. The number of rotatable bonds is 5. The van der Waals surface area contributed by atoms with Crippen molar-refractivity contribution in [3.05, 3.63) is 29.8 Å². The maximum absolute atomic E-state index is 5.92. The molecule has 2 aliphatic carbocycles. The van der Waals surface area contributed by atoms with Gasteiger partial charge >= 0.3 is 0 Å². The van der Waals surface area contributed by atoms with Gasteiger partial charge in [-0.15, -0.1) is 0 Å². The van der Waals surface area contributed by atoms with Crippen molar-refractivity contribution in [3.63, 3.8) is 0 Å². The van der Waals surface area contributed by atoms with E-state index in [1.165, 1.54) is 50.5 Å². The molecule has 3 rings (SSSR count). The molecule has 2 heteroatoms. The number of hydrogen-bond donors (Lipinski definition) is 1. The standard InChI is InChI=1S/C17H25NO/c1-18-17(13-6-3-2-4-7-13)14-8-5-9-16(12-14)19-15-10-11-15/h5,8-9,12-13,15,17-18H,2-4,6-7,10-11H2,1H3. The lowest BCUT2D eigenvalue weighted by Crippen LogP contribution is -2.26. The van der Waals surface area contributed by atoms with E-state index in [2.05, 4.69) is 36.6 Å². The molecule has 0 aliphatic heterocycles. The van der Waals surface area contributed by atoms with Crippen molar-refractivity contribution in [2.24, 2.45) is 5.92 Å². The summed E-state index contributed by atoms with van der Waals surface area (Å²) in [6.45, 7) is 0. The third-order valence-corrected chi connectivity index (χ3v) is 4.48. The van der Waals surface area contributed by atoms with Crippen LogP contribution in [0, 0.1) is 5.92 Å². The summed E-state index contributed by atoms with van der Waals surface area (Å²) in [6.07, 6.45) is 9.85. The van der Waals surface area contributed by atoms with Gasteiger partial charge in [0.05, 0.1) is 6.10 Å². The topological polar surface area (TPSA) is 21.3 Å². The van der Waals surface area contributed by atoms with Gasteiger partial charge in [0.2, 0.25) is 0 Å². The molecule has 2 nitrogen and oxygen atoms in total. The summed E-state index contributed by atoms with van der Waals surface area (Å²) in [5.74, 6) is 1.84. The molecule has 0 amide bonds. The Hall–Kier alpha value is -1.02. The maximum atomic E-state index is 5.92. The molecule has 0 aromatic heterocycles. The van der Waals surface area contributed by atoms with E-state index in [1.807, 2.05) is 0 Å². The van der Waals surface area contributed by atoms with Gasteiger partial charge in [-0.05, 0) is 56.3 Å². The largest absolute Gasteiger partial charge is 0.490 e. The molecule has 0 heterocycles. The van der Waals surface area contributed by atoms with Crippen LogP contribution in [0.5, 0.6) is 5.75 Å². The highest BCUT2D eigenvalue weighted by Gasteiger charge is 2.26. The lowest BCUT2D eigenvalue weighted by Gasteiger charge is -2.30. The Morgan fingerprint density at radius 2 is 1.89 bits per heavy atom. The molecule has 1 atom stereocenters. The molecular formula is C17H25NO. The third-order valence-electron chi connectivity index (χ3n) is 4.48. The smallest absolute Gasteiger partial charge is 0.120 e. The zero-order valence-electron chi connectivity index (χ0n) is 11.9. The average molecular weight is 259 g/mol. The summed E-state index contributed by atoms with van der Waals surface area (Å²) in [4.78, 5) is 0. The lowest BCUT2D eigenvalue weighted by atomic mass is 9.81. The van der Waals surface area contributed by atoms with Crippen molar-refractivity contribution < 1.29 is 4.74 Å². The fraction of sp³-hybridized carbons (Fsp3) is 0.647. The molecule has 0 bridgehead atoms. The van der Waals surface area contributed by atoms with Crippen molar-refractivity contribution in [3.8, 4) is 5.75 Å². The zero-order valence-corrected chi connectivity index (χ0v) is 11.9. The fourth-order valence-corrected chi connectivity index (χ4v) is 3.30. The fourth-order valence-electron chi connectivity index (χ4n) is 3.30. The van der Waals surface area contributed by atoms with Crippen LogP contribution in [-0.4, -0.2) is 13.2 Å². The zero-order chi connectivity index (χ0) is 13.1. The van der Waals surface area contributed by atoms with Gasteiger partial charge in [-0.3, -0.25) is 0 Å². The summed E-state index contributed by atoms with van der Waals surface area (Å²) in [5.41, 5.74) is 1.40. The third kappa shape index (κ3) is 3.30. The number of nitrogens with one attached hydrogen (secondary N) is 1. The van der Waals surface area contributed by atoms with Crippen LogP contribution in [0.1, 0.15) is 56.6 Å². The van der Waals surface area contributed by atoms with Crippen LogP contribution < -0.4 is 10.1 Å². The molecule has 0 saturated heterocycles. The van der Waals surface area contributed by atoms with Gasteiger partial charge in [0, 0.05) is 6.04 Å². The van der Waals surface area contributed by atoms with Crippen molar-refractivity contribution in [1.82, 2.24) is 5.32 Å². The molecule has 2 aliphatic rings. The molecule has 0 spiro atoms. The van der Waals surface area contributed by atoms with Gasteiger partial charge in [-0.1, -0.05) is 31.4 Å². The van der Waals surface area contributed by atoms with E-state index in [0.29, 0.717) is 12.1 Å². The first-order valence-corrected chi connectivity index (χ1v) is 7.80. The van der Waals surface area contributed by atoms with Gasteiger partial charge in [0.15, 0.2) is 0 Å². The van der Waals surface area contributed by atoms with Gasteiger partial charge < -0.3 is 10.1 Å². The quantitative estimate of drug-likeness (QED) is 0.860. The molecule has 19 heavy (non-hydrogen) atoms. The van der Waals surface area contributed by atoms with Crippen LogP contribution in [0.3, 0.4) is 0 Å². The first kappa shape index (κ1) is 13.0. The van der Waals surface area contributed by atoms with Crippen molar-refractivity contribution >= 4 is 0 Å². The first-order chi connectivity index (χ1) is 9.36. The summed E-state index contributed by atoms with van der Waals surface area (Å²) in [5, 5.41) is 3.53. The second-order valence-corrected chi connectivity index (χ2v) is 6.05. The van der Waals surface area contributed by atoms with Crippen LogP contribution in [0.2, 0.25) is 0 Å². The molecule has 1 aromatic carbocycles. The van der Waals surface area contributed by atoms with Gasteiger partial charge in [-0.2, -0.15) is 0 Å². The van der Waals surface area contributed by atoms with Crippen LogP contribution in [0.4, 0.5) is 0 Å². The van der Waals surface area contributed by atoms with E-state index in [0.717, 1.165) is 11.7 Å². The van der Waals surface area contributed by atoms with Gasteiger partial charge in [-0.25, -0.2) is 0 Å². The molecule has 104 valence electrons. The Labute approximate surface area is 116 Å². The monoisotopic (exact) mass is 259 g/mol. The molecular weight excluding hydrogens is 234 g/mol. The number of benzene rings is 1. The van der Waals surface area contributed by atoms with E-state index in [4.69, 9.17) is 4.74 Å². The highest BCUT2D eigenvalue weighted by atomic mass is 16.5. The molecule has 1 aromatic rings. The second-order valence-electron chi connectivity index (χ2n) is 6.05. The van der Waals surface area contributed by atoms with E-state index in [9.17, 15) is 0 Å². The number of hydrogen-bond acceptors (Lipinski definition) is 2. The predicted octanol–water partition coefficient (Wildman–Crippen LogP) is 4.07. The summed E-state index contributed by atoms with van der Waals surface area (Å²) < 4.78 is 5.92. The normalized spacial score (nSPS) is 22.2. The predicted molar refractivity (Wildman–Crippen MR) is 78.5 cm³/mol. The highest BCUT2D eigenvalue weighted by Crippen LogP contribution is 2.36. The molecule has 1 unspecified atom stereocenters.